The Kier molecular flexibility index (Phi) is 3.25. The first-order chi connectivity index (χ1) is 9.38. The van der Waals surface area contributed by atoms with Crippen molar-refractivity contribution in [3.8, 4) is 0 Å². The molecule has 0 radical (unpaired) electrons. The van der Waals surface area contributed by atoms with E-state index < -0.39 is 0 Å². The Morgan fingerprint density at radius 2 is 1.95 bits per heavy atom. The van der Waals surface area contributed by atoms with Gasteiger partial charge in [-0.3, -0.25) is 0 Å². The van der Waals surface area contributed by atoms with Crippen LogP contribution >= 0.6 is 0 Å². The second-order valence-electron chi connectivity index (χ2n) is 4.28. The van der Waals surface area contributed by atoms with Gasteiger partial charge >= 0.3 is 0 Å². The van der Waals surface area contributed by atoms with Gasteiger partial charge < -0.3 is 9.73 Å². The van der Waals surface area contributed by atoms with Gasteiger partial charge in [0.2, 0.25) is 0 Å². The average Bonchev–Trinajstić information content (AvgIpc) is 2.89. The van der Waals surface area contributed by atoms with Crippen LogP contribution in [0.15, 0.2) is 53.2 Å². The van der Waals surface area contributed by atoms with Gasteiger partial charge in [0, 0.05) is 17.8 Å². The molecular weight excluding hydrogens is 238 g/mol. The van der Waals surface area contributed by atoms with E-state index in [2.05, 4.69) is 22.2 Å². The number of hydrogen-bond donors (Lipinski definition) is 1. The maximum atomic E-state index is 5.89. The van der Waals surface area contributed by atoms with Crippen LogP contribution in [0.1, 0.15) is 24.6 Å². The number of rotatable bonds is 4. The van der Waals surface area contributed by atoms with E-state index in [4.69, 9.17) is 4.42 Å². The molecule has 0 amide bonds. The van der Waals surface area contributed by atoms with Crippen LogP contribution in [0.4, 0.5) is 0 Å². The van der Waals surface area contributed by atoms with Crippen LogP contribution in [0.3, 0.4) is 0 Å². The number of hydrogen-bond acceptors (Lipinski definition) is 4. The van der Waals surface area contributed by atoms with Crippen LogP contribution in [-0.2, 0) is 0 Å². The molecule has 3 rings (SSSR count). The van der Waals surface area contributed by atoms with E-state index in [0.29, 0.717) is 0 Å². The highest BCUT2D eigenvalue weighted by Gasteiger charge is 2.19. The summed E-state index contributed by atoms with van der Waals surface area (Å²) in [5.41, 5.74) is 0.885. The fourth-order valence-electron chi connectivity index (χ4n) is 2.13. The van der Waals surface area contributed by atoms with Crippen molar-refractivity contribution in [2.45, 2.75) is 13.0 Å². The third-order valence-electron chi connectivity index (χ3n) is 2.98. The first kappa shape index (κ1) is 11.9. The summed E-state index contributed by atoms with van der Waals surface area (Å²) in [6.45, 7) is 2.87. The molecule has 0 aliphatic carbocycles. The number of aromatic nitrogens is 2. The fourth-order valence-corrected chi connectivity index (χ4v) is 2.13. The molecule has 0 saturated heterocycles. The van der Waals surface area contributed by atoms with Gasteiger partial charge in [0.1, 0.15) is 17.4 Å². The summed E-state index contributed by atoms with van der Waals surface area (Å²) < 4.78 is 5.89. The molecule has 19 heavy (non-hydrogen) atoms. The molecule has 1 unspecified atom stereocenters. The van der Waals surface area contributed by atoms with E-state index >= 15 is 0 Å². The highest BCUT2D eigenvalue weighted by molar-refractivity contribution is 5.77. The van der Waals surface area contributed by atoms with Crippen molar-refractivity contribution in [1.29, 1.82) is 0 Å². The van der Waals surface area contributed by atoms with Gasteiger partial charge in [0.15, 0.2) is 5.82 Å². The van der Waals surface area contributed by atoms with E-state index in [1.165, 1.54) is 0 Å². The van der Waals surface area contributed by atoms with Crippen LogP contribution in [-0.4, -0.2) is 16.5 Å². The molecule has 0 spiro atoms. The minimum Gasteiger partial charge on any atom is -0.459 e. The Bertz CT molecular complexity index is 630. The first-order valence-corrected chi connectivity index (χ1v) is 6.37. The maximum absolute atomic E-state index is 5.89. The minimum absolute atomic E-state index is 0.112. The summed E-state index contributed by atoms with van der Waals surface area (Å²) in [6.07, 6.45) is 3.49. The molecule has 0 aliphatic heterocycles. The summed E-state index contributed by atoms with van der Waals surface area (Å²) in [7, 11) is 0. The predicted octanol–water partition coefficient (Wildman–Crippen LogP) is 2.92. The fraction of sp³-hybridized carbons (Fsp3) is 0.200. The number of furan rings is 1. The van der Waals surface area contributed by atoms with Gasteiger partial charge in [0.25, 0.3) is 0 Å². The van der Waals surface area contributed by atoms with E-state index in [1.54, 1.807) is 12.4 Å². The smallest absolute Gasteiger partial charge is 0.152 e. The second-order valence-corrected chi connectivity index (χ2v) is 4.28. The molecule has 0 bridgehead atoms. The average molecular weight is 253 g/mol. The highest BCUT2D eigenvalue weighted by atomic mass is 16.3. The quantitative estimate of drug-likeness (QED) is 0.776. The van der Waals surface area contributed by atoms with Crippen molar-refractivity contribution in [2.24, 2.45) is 0 Å². The van der Waals surface area contributed by atoms with Gasteiger partial charge in [-0.25, -0.2) is 9.97 Å². The second kappa shape index (κ2) is 5.20. The van der Waals surface area contributed by atoms with Crippen LogP contribution in [0.2, 0.25) is 0 Å². The van der Waals surface area contributed by atoms with Crippen molar-refractivity contribution >= 4 is 11.0 Å². The normalized spacial score (nSPS) is 12.7. The molecule has 1 atom stereocenters. The topological polar surface area (TPSA) is 51.0 Å². The van der Waals surface area contributed by atoms with Gasteiger partial charge in [-0.15, -0.1) is 0 Å². The third-order valence-corrected chi connectivity index (χ3v) is 2.98. The lowest BCUT2D eigenvalue weighted by Crippen LogP contribution is -2.23. The molecule has 0 saturated carbocycles. The summed E-state index contributed by atoms with van der Waals surface area (Å²) in [4.78, 5) is 8.62. The van der Waals surface area contributed by atoms with Gasteiger partial charge in [-0.05, 0) is 24.7 Å². The minimum atomic E-state index is -0.112. The van der Waals surface area contributed by atoms with Crippen LogP contribution in [0.25, 0.3) is 11.0 Å². The number of nitrogens with one attached hydrogen (secondary N) is 1. The summed E-state index contributed by atoms with van der Waals surface area (Å²) >= 11 is 0. The summed E-state index contributed by atoms with van der Waals surface area (Å²) in [5.74, 6) is 1.57. The number of fused-ring (bicyclic) bond motifs is 1. The van der Waals surface area contributed by atoms with Crippen LogP contribution < -0.4 is 5.32 Å². The molecule has 2 heterocycles. The zero-order valence-corrected chi connectivity index (χ0v) is 10.7. The molecule has 0 aliphatic rings. The van der Waals surface area contributed by atoms with E-state index in [-0.39, 0.29) is 6.04 Å². The Balaban J connectivity index is 2.04. The lowest BCUT2D eigenvalue weighted by atomic mass is 10.2. The lowest BCUT2D eigenvalue weighted by Gasteiger charge is -2.13. The van der Waals surface area contributed by atoms with Gasteiger partial charge in [0.05, 0.1) is 0 Å². The Morgan fingerprint density at radius 1 is 1.16 bits per heavy atom. The number of para-hydroxylation sites is 1. The highest BCUT2D eigenvalue weighted by Crippen LogP contribution is 2.26. The monoisotopic (exact) mass is 253 g/mol. The predicted molar refractivity (Wildman–Crippen MR) is 73.8 cm³/mol. The molecule has 4 nitrogen and oxygen atoms in total. The molecular formula is C15H15N3O. The lowest BCUT2D eigenvalue weighted by molar-refractivity contribution is 0.464. The Hall–Kier alpha value is -2.20. The van der Waals surface area contributed by atoms with Crippen LogP contribution in [0, 0.1) is 0 Å². The van der Waals surface area contributed by atoms with E-state index in [9.17, 15) is 0 Å². The molecule has 96 valence electrons. The zero-order chi connectivity index (χ0) is 13.1. The summed E-state index contributed by atoms with van der Waals surface area (Å²) in [5, 5.41) is 4.45. The van der Waals surface area contributed by atoms with Gasteiger partial charge in [-0.2, -0.15) is 0 Å². The van der Waals surface area contributed by atoms with Crippen molar-refractivity contribution in [3.63, 3.8) is 0 Å². The zero-order valence-electron chi connectivity index (χ0n) is 10.7. The van der Waals surface area contributed by atoms with E-state index in [0.717, 1.165) is 29.1 Å². The molecule has 1 aromatic carbocycles. The maximum Gasteiger partial charge on any atom is 0.152 e. The largest absolute Gasteiger partial charge is 0.459 e. The molecule has 4 heteroatoms. The molecule has 3 aromatic rings. The number of nitrogens with zero attached hydrogens (tertiary/aromatic N) is 2. The summed E-state index contributed by atoms with van der Waals surface area (Å²) in [6, 6.07) is 11.7. The Morgan fingerprint density at radius 3 is 2.68 bits per heavy atom. The third kappa shape index (κ3) is 2.35. The van der Waals surface area contributed by atoms with Crippen LogP contribution in [0.5, 0.6) is 0 Å². The van der Waals surface area contributed by atoms with Gasteiger partial charge in [-0.1, -0.05) is 25.1 Å². The standard InChI is InChI=1S/C15H15N3O/c1-2-16-14(15-17-8-5-9-18-15)13-10-11-6-3-4-7-12(11)19-13/h3-10,14,16H,2H2,1H3. The first-order valence-electron chi connectivity index (χ1n) is 6.37. The Labute approximate surface area is 111 Å². The molecule has 2 aromatic heterocycles. The van der Waals surface area contributed by atoms with Crippen molar-refractivity contribution in [2.75, 3.05) is 6.54 Å². The van der Waals surface area contributed by atoms with Crippen molar-refractivity contribution in [3.05, 3.63) is 60.4 Å². The number of benzene rings is 1. The van der Waals surface area contributed by atoms with E-state index in [1.807, 2.05) is 36.4 Å². The van der Waals surface area contributed by atoms with Crippen molar-refractivity contribution in [1.82, 2.24) is 15.3 Å². The SMILES string of the molecule is CCNC(c1ncccn1)c1cc2ccccc2o1. The molecule has 0 fully saturated rings. The molecule has 1 N–H and O–H groups in total. The van der Waals surface area contributed by atoms with Crippen molar-refractivity contribution < 1.29 is 4.42 Å².